The van der Waals surface area contributed by atoms with Crippen LogP contribution < -0.4 is 0 Å². The molecule has 1 N–H and O–H groups in total. The number of alkyl halides is 15. The van der Waals surface area contributed by atoms with Gasteiger partial charge in [-0.1, -0.05) is 0 Å². The lowest BCUT2D eigenvalue weighted by molar-refractivity contribution is -0.455. The fourth-order valence-electron chi connectivity index (χ4n) is 2.94. The minimum atomic E-state index is -8.30. The van der Waals surface area contributed by atoms with Crippen LogP contribution in [0.1, 0.15) is 25.7 Å². The topological polar surface area (TPSA) is 37.3 Å². The van der Waals surface area contributed by atoms with Gasteiger partial charge in [0.1, 0.15) is 0 Å². The summed E-state index contributed by atoms with van der Waals surface area (Å²) in [6.45, 7) is 0. The van der Waals surface area contributed by atoms with Crippen molar-refractivity contribution in [3.05, 3.63) is 0 Å². The second-order valence-electron chi connectivity index (χ2n) is 6.88. The summed E-state index contributed by atoms with van der Waals surface area (Å²) in [7, 11) is 0. The first-order valence-electron chi connectivity index (χ1n) is 7.97. The van der Waals surface area contributed by atoms with Gasteiger partial charge in [-0.3, -0.25) is 4.79 Å². The summed E-state index contributed by atoms with van der Waals surface area (Å²) < 4.78 is 197. The number of carboxylic acid groups (broad SMARTS) is 1. The molecular formula is C14H11F15O2. The first-order chi connectivity index (χ1) is 13.4. The Morgan fingerprint density at radius 1 is 0.548 bits per heavy atom. The molecule has 0 saturated heterocycles. The molecular weight excluding hydrogens is 485 g/mol. The van der Waals surface area contributed by atoms with Gasteiger partial charge in [-0.25, -0.2) is 0 Å². The Hall–Kier alpha value is -1.58. The van der Waals surface area contributed by atoms with Gasteiger partial charge < -0.3 is 5.11 Å². The van der Waals surface area contributed by atoms with Gasteiger partial charge >= 0.3 is 47.7 Å². The van der Waals surface area contributed by atoms with Crippen LogP contribution in [0, 0.1) is 11.8 Å². The lowest BCUT2D eigenvalue weighted by atomic mass is 9.75. The Bertz CT molecular complexity index is 674. The smallest absolute Gasteiger partial charge is 0.460 e. The van der Waals surface area contributed by atoms with E-state index in [1.54, 1.807) is 0 Å². The number of carbonyl (C=O) groups is 1. The molecule has 2 nitrogen and oxygen atoms in total. The number of aliphatic carboxylic acids is 1. The number of rotatable bonds is 7. The normalized spacial score (nSPS) is 23.1. The third-order valence-electron chi connectivity index (χ3n) is 4.94. The summed E-state index contributed by atoms with van der Waals surface area (Å²) in [4.78, 5) is 10.7. The molecule has 17 heteroatoms. The lowest BCUT2D eigenvalue weighted by Gasteiger charge is -2.44. The summed E-state index contributed by atoms with van der Waals surface area (Å²) in [5.74, 6) is -52.5. The van der Waals surface area contributed by atoms with E-state index in [-0.39, 0.29) is 0 Å². The van der Waals surface area contributed by atoms with Gasteiger partial charge in [-0.2, -0.15) is 65.9 Å². The largest absolute Gasteiger partial charge is 0.481 e. The molecule has 0 aromatic rings. The molecule has 0 unspecified atom stereocenters. The maximum atomic E-state index is 14.0. The molecule has 0 spiro atoms. The maximum Gasteiger partial charge on any atom is 0.460 e. The monoisotopic (exact) mass is 496 g/mol. The highest BCUT2D eigenvalue weighted by Crippen LogP contribution is 2.63. The van der Waals surface area contributed by atoms with Crippen molar-refractivity contribution in [1.29, 1.82) is 0 Å². The van der Waals surface area contributed by atoms with Crippen LogP contribution in [0.3, 0.4) is 0 Å². The zero-order chi connectivity index (χ0) is 25.1. The summed E-state index contributed by atoms with van der Waals surface area (Å²) in [5, 5.41) is 8.65. The standard InChI is InChI=1S/C14H11F15O2/c15-8(16,6-3-1-5(2-4-6)7(30)31)9(17,18)10(19,20)11(21,22)12(23,24)13(25,26)14(27,28)29/h5-6H,1-4H2,(H,30,31). The van der Waals surface area contributed by atoms with Crippen LogP contribution >= 0.6 is 0 Å². The van der Waals surface area contributed by atoms with E-state index in [0.29, 0.717) is 0 Å². The van der Waals surface area contributed by atoms with Crippen LogP contribution in [0.4, 0.5) is 65.9 Å². The van der Waals surface area contributed by atoms with Crippen molar-refractivity contribution in [2.24, 2.45) is 11.8 Å². The van der Waals surface area contributed by atoms with Crippen LogP contribution in [0.2, 0.25) is 0 Å². The van der Waals surface area contributed by atoms with E-state index in [2.05, 4.69) is 0 Å². The van der Waals surface area contributed by atoms with E-state index in [4.69, 9.17) is 5.11 Å². The predicted octanol–water partition coefficient (Wildman–Crippen LogP) is 6.25. The molecule has 0 amide bonds. The molecule has 1 fully saturated rings. The van der Waals surface area contributed by atoms with Gasteiger partial charge in [-0.05, 0) is 25.7 Å². The molecule has 184 valence electrons. The molecule has 0 bridgehead atoms. The van der Waals surface area contributed by atoms with Crippen molar-refractivity contribution >= 4 is 5.97 Å². The van der Waals surface area contributed by atoms with E-state index in [1.807, 2.05) is 0 Å². The fraction of sp³-hybridized carbons (Fsp3) is 0.929. The minimum absolute atomic E-state index is 0.837. The second-order valence-corrected chi connectivity index (χ2v) is 6.88. The average molecular weight is 496 g/mol. The number of hydrogen-bond donors (Lipinski definition) is 1. The number of halogens is 15. The minimum Gasteiger partial charge on any atom is -0.481 e. The van der Waals surface area contributed by atoms with Crippen LogP contribution in [-0.2, 0) is 4.79 Å². The highest BCUT2D eigenvalue weighted by atomic mass is 19.4. The van der Waals surface area contributed by atoms with Crippen molar-refractivity contribution < 1.29 is 75.8 Å². The van der Waals surface area contributed by atoms with E-state index < -0.39 is 85.2 Å². The Morgan fingerprint density at radius 3 is 1.19 bits per heavy atom. The van der Waals surface area contributed by atoms with Crippen LogP contribution in [0.25, 0.3) is 0 Å². The lowest BCUT2D eigenvalue weighted by Crippen LogP contribution is -2.73. The summed E-state index contributed by atoms with van der Waals surface area (Å²) in [5.41, 5.74) is 0. The van der Waals surface area contributed by atoms with Crippen molar-refractivity contribution in [2.45, 2.75) is 67.4 Å². The molecule has 1 saturated carbocycles. The van der Waals surface area contributed by atoms with Gasteiger partial charge in [-0.15, -0.1) is 0 Å². The van der Waals surface area contributed by atoms with Gasteiger partial charge in [0.25, 0.3) is 0 Å². The van der Waals surface area contributed by atoms with E-state index in [0.717, 1.165) is 0 Å². The van der Waals surface area contributed by atoms with Crippen molar-refractivity contribution in [2.75, 3.05) is 0 Å². The van der Waals surface area contributed by atoms with E-state index >= 15 is 0 Å². The highest BCUT2D eigenvalue weighted by Gasteiger charge is 2.93. The zero-order valence-corrected chi connectivity index (χ0v) is 14.5. The number of carboxylic acids is 1. The molecule has 0 atom stereocenters. The first kappa shape index (κ1) is 27.5. The van der Waals surface area contributed by atoms with Crippen molar-refractivity contribution in [1.82, 2.24) is 0 Å². The zero-order valence-electron chi connectivity index (χ0n) is 14.5. The summed E-state index contributed by atoms with van der Waals surface area (Å²) in [6, 6.07) is 0. The SMILES string of the molecule is O=C(O)C1CCC(C(F)(F)C(F)(F)C(F)(F)C(F)(F)C(F)(F)C(F)(F)C(F)(F)F)CC1. The molecule has 1 rings (SSSR count). The Morgan fingerprint density at radius 2 is 0.871 bits per heavy atom. The molecule has 1 aliphatic rings. The molecule has 0 aromatic carbocycles. The Labute approximate surface area is 162 Å². The summed E-state index contributed by atoms with van der Waals surface area (Å²) in [6.07, 6.45) is -11.9. The van der Waals surface area contributed by atoms with Crippen LogP contribution in [0.15, 0.2) is 0 Å². The first-order valence-corrected chi connectivity index (χ1v) is 7.97. The molecule has 0 aromatic heterocycles. The van der Waals surface area contributed by atoms with E-state index in [1.165, 1.54) is 0 Å². The molecule has 0 heterocycles. The molecule has 31 heavy (non-hydrogen) atoms. The number of hydrogen-bond acceptors (Lipinski definition) is 1. The van der Waals surface area contributed by atoms with Crippen molar-refractivity contribution in [3.63, 3.8) is 0 Å². The fourth-order valence-corrected chi connectivity index (χ4v) is 2.94. The summed E-state index contributed by atoms with van der Waals surface area (Å²) >= 11 is 0. The third-order valence-corrected chi connectivity index (χ3v) is 4.94. The molecule has 1 aliphatic carbocycles. The van der Waals surface area contributed by atoms with Gasteiger partial charge in [0.2, 0.25) is 0 Å². The third kappa shape index (κ3) is 3.78. The van der Waals surface area contributed by atoms with Crippen LogP contribution in [-0.4, -0.2) is 52.8 Å². The Kier molecular flexibility index (Phi) is 6.63. The maximum absolute atomic E-state index is 14.0. The Balaban J connectivity index is 3.40. The quantitative estimate of drug-likeness (QED) is 0.423. The highest BCUT2D eigenvalue weighted by molar-refractivity contribution is 5.70. The average Bonchev–Trinajstić information content (AvgIpc) is 2.59. The van der Waals surface area contributed by atoms with Gasteiger partial charge in [0, 0.05) is 5.92 Å². The second kappa shape index (κ2) is 7.49. The molecule has 0 radical (unpaired) electrons. The van der Waals surface area contributed by atoms with Crippen LogP contribution in [0.5, 0.6) is 0 Å². The predicted molar refractivity (Wildman–Crippen MR) is 68.8 cm³/mol. The van der Waals surface area contributed by atoms with Gasteiger partial charge in [0.15, 0.2) is 0 Å². The van der Waals surface area contributed by atoms with E-state index in [9.17, 15) is 70.7 Å². The van der Waals surface area contributed by atoms with Crippen molar-refractivity contribution in [3.8, 4) is 0 Å². The van der Waals surface area contributed by atoms with Gasteiger partial charge in [0.05, 0.1) is 5.92 Å². The molecule has 0 aliphatic heterocycles.